The largest absolute Gasteiger partial charge is 0.395 e. The van der Waals surface area contributed by atoms with Crippen molar-refractivity contribution in [3.8, 4) is 0 Å². The minimum atomic E-state index is 0.0557. The van der Waals surface area contributed by atoms with Crippen LogP contribution in [0.5, 0.6) is 0 Å². The summed E-state index contributed by atoms with van der Waals surface area (Å²) in [4.78, 5) is 10.4. The molecule has 0 aliphatic carbocycles. The fourth-order valence-electron chi connectivity index (χ4n) is 2.18. The molecule has 2 heterocycles. The van der Waals surface area contributed by atoms with E-state index in [1.807, 2.05) is 42.3 Å². The van der Waals surface area contributed by atoms with Crippen molar-refractivity contribution in [1.82, 2.24) is 25.0 Å². The van der Waals surface area contributed by atoms with Gasteiger partial charge in [0, 0.05) is 13.6 Å². The maximum atomic E-state index is 9.04. The molecule has 2 aromatic heterocycles. The number of benzene rings is 1. The third-order valence-electron chi connectivity index (χ3n) is 3.25. The Kier molecular flexibility index (Phi) is 3.74. The first-order chi connectivity index (χ1) is 10.3. The molecule has 0 bridgehead atoms. The number of anilines is 1. The predicted molar refractivity (Wildman–Crippen MR) is 79.0 cm³/mol. The van der Waals surface area contributed by atoms with Crippen molar-refractivity contribution in [1.29, 1.82) is 0 Å². The van der Waals surface area contributed by atoms with Gasteiger partial charge in [0.25, 0.3) is 0 Å². The second-order valence-corrected chi connectivity index (χ2v) is 4.75. The predicted octanol–water partition coefficient (Wildman–Crippen LogP) is 0.698. The van der Waals surface area contributed by atoms with Crippen molar-refractivity contribution in [2.45, 2.75) is 6.54 Å². The monoisotopic (exact) mass is 284 g/mol. The summed E-state index contributed by atoms with van der Waals surface area (Å²) >= 11 is 0. The van der Waals surface area contributed by atoms with Crippen molar-refractivity contribution in [3.63, 3.8) is 0 Å². The molecule has 0 amide bonds. The van der Waals surface area contributed by atoms with Gasteiger partial charge in [-0.3, -0.25) is 0 Å². The molecule has 108 valence electrons. The van der Waals surface area contributed by atoms with Crippen LogP contribution >= 0.6 is 0 Å². The minimum absolute atomic E-state index is 0.0557. The molecule has 0 radical (unpaired) electrons. The molecule has 3 aromatic rings. The summed E-state index contributed by atoms with van der Waals surface area (Å²) in [5.74, 6) is 0.674. The average molecular weight is 284 g/mol. The molecule has 0 saturated heterocycles. The molecule has 0 fully saturated rings. The van der Waals surface area contributed by atoms with E-state index < -0.39 is 0 Å². The fraction of sp³-hybridized carbons (Fsp3) is 0.286. The van der Waals surface area contributed by atoms with E-state index in [2.05, 4.69) is 20.3 Å². The average Bonchev–Trinajstić information content (AvgIpc) is 2.92. The molecular formula is C14H16N6O. The number of fused-ring (bicyclic) bond motifs is 1. The summed E-state index contributed by atoms with van der Waals surface area (Å²) in [5.41, 5.74) is 2.46. The highest BCUT2D eigenvalue weighted by atomic mass is 16.3. The zero-order valence-corrected chi connectivity index (χ0v) is 11.7. The molecule has 21 heavy (non-hydrogen) atoms. The Morgan fingerprint density at radius 3 is 2.76 bits per heavy atom. The van der Waals surface area contributed by atoms with E-state index in [0.29, 0.717) is 30.1 Å². The van der Waals surface area contributed by atoms with E-state index in [9.17, 15) is 0 Å². The Morgan fingerprint density at radius 1 is 1.19 bits per heavy atom. The summed E-state index contributed by atoms with van der Waals surface area (Å²) in [7, 11) is 1.86. The third-order valence-corrected chi connectivity index (χ3v) is 3.25. The van der Waals surface area contributed by atoms with Crippen molar-refractivity contribution >= 4 is 17.0 Å². The molecule has 0 atom stereocenters. The molecule has 7 heteroatoms. The highest BCUT2D eigenvalue weighted by Crippen LogP contribution is 2.19. The van der Waals surface area contributed by atoms with Crippen LogP contribution in [-0.2, 0) is 6.54 Å². The molecule has 0 spiro atoms. The highest BCUT2D eigenvalue weighted by molar-refractivity contribution is 5.82. The van der Waals surface area contributed by atoms with Crippen LogP contribution in [0.4, 0.5) is 5.82 Å². The molecule has 1 N–H and O–H groups in total. The van der Waals surface area contributed by atoms with E-state index in [4.69, 9.17) is 5.11 Å². The first kappa shape index (κ1) is 13.4. The lowest BCUT2D eigenvalue weighted by Gasteiger charge is -2.15. The maximum absolute atomic E-state index is 9.04. The molecule has 3 rings (SSSR count). The number of aliphatic hydroxyl groups excluding tert-OH is 1. The number of likely N-dealkylation sites (N-methyl/N-ethyl adjacent to an activating group) is 1. The topological polar surface area (TPSA) is 80.0 Å². The lowest BCUT2D eigenvalue weighted by molar-refractivity contribution is 0.304. The van der Waals surface area contributed by atoms with Crippen molar-refractivity contribution < 1.29 is 5.11 Å². The van der Waals surface area contributed by atoms with Crippen molar-refractivity contribution in [2.24, 2.45) is 0 Å². The Balaban J connectivity index is 1.97. The zero-order valence-electron chi connectivity index (χ0n) is 11.7. The standard InChI is InChI=1S/C14H16N6O/c1-19(7-8-21)13-12-14(16-10-15-13)20(18-17-12)9-11-5-3-2-4-6-11/h2-6,10,21H,7-9H2,1H3. The minimum Gasteiger partial charge on any atom is -0.395 e. The lowest BCUT2D eigenvalue weighted by atomic mass is 10.2. The second-order valence-electron chi connectivity index (χ2n) is 4.75. The first-order valence-electron chi connectivity index (χ1n) is 6.69. The molecule has 0 aliphatic heterocycles. The van der Waals surface area contributed by atoms with E-state index in [1.54, 1.807) is 4.68 Å². The van der Waals surface area contributed by atoms with Crippen LogP contribution in [0, 0.1) is 0 Å². The summed E-state index contributed by atoms with van der Waals surface area (Å²) in [6.45, 7) is 1.15. The number of nitrogens with zero attached hydrogens (tertiary/aromatic N) is 6. The number of hydrogen-bond donors (Lipinski definition) is 1. The van der Waals surface area contributed by atoms with Gasteiger partial charge >= 0.3 is 0 Å². The van der Waals surface area contributed by atoms with Crippen LogP contribution in [0.2, 0.25) is 0 Å². The van der Waals surface area contributed by atoms with Gasteiger partial charge in [-0.1, -0.05) is 35.5 Å². The molecule has 7 nitrogen and oxygen atoms in total. The first-order valence-corrected chi connectivity index (χ1v) is 6.69. The molecule has 0 saturated carbocycles. The van der Waals surface area contributed by atoms with E-state index in [0.717, 1.165) is 5.56 Å². The Labute approximate surface area is 121 Å². The maximum Gasteiger partial charge on any atom is 0.184 e. The van der Waals surface area contributed by atoms with E-state index in [1.165, 1.54) is 6.33 Å². The van der Waals surface area contributed by atoms with Crippen LogP contribution in [0.15, 0.2) is 36.7 Å². The van der Waals surface area contributed by atoms with E-state index in [-0.39, 0.29) is 6.61 Å². The summed E-state index contributed by atoms with van der Waals surface area (Å²) < 4.78 is 1.75. The van der Waals surface area contributed by atoms with Crippen LogP contribution in [0.25, 0.3) is 11.2 Å². The number of aliphatic hydroxyl groups is 1. The smallest absolute Gasteiger partial charge is 0.184 e. The number of aromatic nitrogens is 5. The molecule has 1 aromatic carbocycles. The van der Waals surface area contributed by atoms with Crippen LogP contribution in [0.1, 0.15) is 5.56 Å². The van der Waals surface area contributed by atoms with Crippen LogP contribution in [0.3, 0.4) is 0 Å². The summed E-state index contributed by atoms with van der Waals surface area (Å²) in [5, 5.41) is 17.4. The number of hydrogen-bond acceptors (Lipinski definition) is 6. The molecular weight excluding hydrogens is 268 g/mol. The molecule has 0 unspecified atom stereocenters. The lowest BCUT2D eigenvalue weighted by Crippen LogP contribution is -2.22. The van der Waals surface area contributed by atoms with Crippen LogP contribution < -0.4 is 4.90 Å². The third kappa shape index (κ3) is 2.68. The van der Waals surface area contributed by atoms with Gasteiger partial charge in [-0.15, -0.1) is 5.10 Å². The Bertz CT molecular complexity index is 727. The van der Waals surface area contributed by atoms with Crippen LogP contribution in [-0.4, -0.2) is 50.3 Å². The van der Waals surface area contributed by atoms with Gasteiger partial charge in [-0.2, -0.15) is 0 Å². The van der Waals surface area contributed by atoms with Crippen molar-refractivity contribution in [3.05, 3.63) is 42.2 Å². The van der Waals surface area contributed by atoms with Crippen molar-refractivity contribution in [2.75, 3.05) is 25.1 Å². The molecule has 0 aliphatic rings. The number of rotatable bonds is 5. The van der Waals surface area contributed by atoms with Gasteiger partial charge in [0.05, 0.1) is 13.2 Å². The van der Waals surface area contributed by atoms with Gasteiger partial charge in [-0.25, -0.2) is 14.6 Å². The Morgan fingerprint density at radius 2 is 2.00 bits per heavy atom. The van der Waals surface area contributed by atoms with E-state index >= 15 is 0 Å². The van der Waals surface area contributed by atoms with Gasteiger partial charge in [0.15, 0.2) is 17.0 Å². The second kappa shape index (κ2) is 5.84. The summed E-state index contributed by atoms with van der Waals surface area (Å²) in [6, 6.07) is 10.0. The Hall–Kier alpha value is -2.54. The normalized spacial score (nSPS) is 11.0. The highest BCUT2D eigenvalue weighted by Gasteiger charge is 2.14. The van der Waals surface area contributed by atoms with Gasteiger partial charge in [0.1, 0.15) is 6.33 Å². The van der Waals surface area contributed by atoms with Gasteiger partial charge in [0.2, 0.25) is 0 Å². The zero-order chi connectivity index (χ0) is 14.7. The fourth-order valence-corrected chi connectivity index (χ4v) is 2.18. The quantitative estimate of drug-likeness (QED) is 0.743. The van der Waals surface area contributed by atoms with Gasteiger partial charge < -0.3 is 10.0 Å². The van der Waals surface area contributed by atoms with Gasteiger partial charge in [-0.05, 0) is 5.56 Å². The SMILES string of the molecule is CN(CCO)c1ncnc2c1nnn2Cc1ccccc1. The summed E-state index contributed by atoms with van der Waals surface area (Å²) in [6.07, 6.45) is 1.50.